The number of rotatable bonds is 5. The van der Waals surface area contributed by atoms with Gasteiger partial charge in [-0.1, -0.05) is 11.6 Å². The minimum absolute atomic E-state index is 0.138. The Balaban J connectivity index is 1.96. The predicted octanol–water partition coefficient (Wildman–Crippen LogP) is 3.92. The van der Waals surface area contributed by atoms with Crippen molar-refractivity contribution in [2.45, 2.75) is 6.92 Å². The van der Waals surface area contributed by atoms with E-state index in [9.17, 15) is 9.59 Å². The number of nitrogens with one attached hydrogen (secondary N) is 2. The van der Waals surface area contributed by atoms with E-state index in [1.54, 1.807) is 30.3 Å². The van der Waals surface area contributed by atoms with Crippen molar-refractivity contribution in [2.24, 2.45) is 0 Å². The number of carbonyl (C=O) groups is 2. The Labute approximate surface area is 152 Å². The van der Waals surface area contributed by atoms with Gasteiger partial charge in [0, 0.05) is 16.2 Å². The molecule has 0 saturated carbocycles. The highest BCUT2D eigenvalue weighted by Gasteiger charge is 2.08. The van der Waals surface area contributed by atoms with Gasteiger partial charge in [-0.15, -0.1) is 0 Å². The molecule has 0 aliphatic carbocycles. The highest BCUT2D eigenvalue weighted by atomic mass is 127. The fourth-order valence-electron chi connectivity index (χ4n) is 1.77. The fourth-order valence-corrected chi connectivity index (χ4v) is 2.29. The first-order valence-electron chi connectivity index (χ1n) is 6.69. The van der Waals surface area contributed by atoms with Crippen LogP contribution < -0.4 is 15.4 Å². The smallest absolute Gasteiger partial charge is 0.262 e. The SMILES string of the molecule is CC(=O)Nc1ccc(Cl)c(NC(=O)COc2ccc(I)cc2)c1. The number of amides is 2. The molecule has 5 nitrogen and oxygen atoms in total. The van der Waals surface area contributed by atoms with Crippen LogP contribution in [0.5, 0.6) is 5.75 Å². The molecular weight excluding hydrogens is 431 g/mol. The zero-order chi connectivity index (χ0) is 16.8. The summed E-state index contributed by atoms with van der Waals surface area (Å²) in [7, 11) is 0. The van der Waals surface area contributed by atoms with Crippen molar-refractivity contribution in [3.63, 3.8) is 0 Å². The molecule has 120 valence electrons. The van der Waals surface area contributed by atoms with E-state index in [0.717, 1.165) is 3.57 Å². The van der Waals surface area contributed by atoms with Gasteiger partial charge in [0.1, 0.15) is 5.75 Å². The van der Waals surface area contributed by atoms with E-state index >= 15 is 0 Å². The van der Waals surface area contributed by atoms with Gasteiger partial charge in [0.15, 0.2) is 6.61 Å². The summed E-state index contributed by atoms with van der Waals surface area (Å²) in [5.41, 5.74) is 0.963. The number of benzene rings is 2. The minimum Gasteiger partial charge on any atom is -0.484 e. The van der Waals surface area contributed by atoms with Crippen LogP contribution in [0.25, 0.3) is 0 Å². The summed E-state index contributed by atoms with van der Waals surface area (Å²) in [4.78, 5) is 23.0. The Bertz CT molecular complexity index is 720. The third-order valence-electron chi connectivity index (χ3n) is 2.74. The molecule has 2 amide bonds. The lowest BCUT2D eigenvalue weighted by molar-refractivity contribution is -0.118. The van der Waals surface area contributed by atoms with E-state index in [4.69, 9.17) is 16.3 Å². The number of hydrogen-bond donors (Lipinski definition) is 2. The number of ether oxygens (including phenoxy) is 1. The van der Waals surface area contributed by atoms with E-state index in [1.807, 2.05) is 12.1 Å². The normalized spacial score (nSPS) is 10.0. The fraction of sp³-hybridized carbons (Fsp3) is 0.125. The Morgan fingerprint density at radius 2 is 1.83 bits per heavy atom. The number of anilines is 2. The van der Waals surface area contributed by atoms with Crippen molar-refractivity contribution in [1.29, 1.82) is 0 Å². The molecule has 0 atom stereocenters. The zero-order valence-corrected chi connectivity index (χ0v) is 15.1. The minimum atomic E-state index is -0.342. The van der Waals surface area contributed by atoms with Crippen molar-refractivity contribution in [2.75, 3.05) is 17.2 Å². The molecule has 0 fully saturated rings. The lowest BCUT2D eigenvalue weighted by Gasteiger charge is -2.11. The maximum Gasteiger partial charge on any atom is 0.262 e. The Kier molecular flexibility index (Phi) is 6.23. The standard InChI is InChI=1S/C16H14ClIN2O3/c1-10(21)19-12-4-7-14(17)15(8-12)20-16(22)9-23-13-5-2-11(18)3-6-13/h2-8H,9H2,1H3,(H,19,21)(H,20,22). The summed E-state index contributed by atoms with van der Waals surface area (Å²) in [5, 5.41) is 5.66. The van der Waals surface area contributed by atoms with Crippen molar-refractivity contribution in [3.8, 4) is 5.75 Å². The number of carbonyl (C=O) groups excluding carboxylic acids is 2. The molecule has 2 N–H and O–H groups in total. The van der Waals surface area contributed by atoms with Gasteiger partial charge >= 0.3 is 0 Å². The molecule has 0 unspecified atom stereocenters. The quantitative estimate of drug-likeness (QED) is 0.687. The topological polar surface area (TPSA) is 67.4 Å². The highest BCUT2D eigenvalue weighted by molar-refractivity contribution is 14.1. The van der Waals surface area contributed by atoms with Gasteiger partial charge in [0.2, 0.25) is 5.91 Å². The molecule has 7 heteroatoms. The molecule has 0 radical (unpaired) electrons. The van der Waals surface area contributed by atoms with Crippen LogP contribution in [0.3, 0.4) is 0 Å². The van der Waals surface area contributed by atoms with Gasteiger partial charge in [-0.05, 0) is 65.1 Å². The van der Waals surface area contributed by atoms with Crippen molar-refractivity contribution in [3.05, 3.63) is 51.1 Å². The van der Waals surface area contributed by atoms with Crippen molar-refractivity contribution < 1.29 is 14.3 Å². The summed E-state index contributed by atoms with van der Waals surface area (Å²) in [6.45, 7) is 1.27. The van der Waals surface area contributed by atoms with Crippen LogP contribution in [0.4, 0.5) is 11.4 Å². The number of halogens is 2. The summed E-state index contributed by atoms with van der Waals surface area (Å²) < 4.78 is 6.49. The van der Waals surface area contributed by atoms with Crippen LogP contribution in [0.1, 0.15) is 6.92 Å². The van der Waals surface area contributed by atoms with Gasteiger partial charge < -0.3 is 15.4 Å². The average molecular weight is 445 g/mol. The lowest BCUT2D eigenvalue weighted by Crippen LogP contribution is -2.20. The van der Waals surface area contributed by atoms with Crippen LogP contribution in [0.2, 0.25) is 5.02 Å². The van der Waals surface area contributed by atoms with Gasteiger partial charge in [-0.25, -0.2) is 0 Å². The predicted molar refractivity (Wildman–Crippen MR) is 99.0 cm³/mol. The molecule has 0 aliphatic heterocycles. The van der Waals surface area contributed by atoms with Crippen molar-refractivity contribution >= 4 is 57.4 Å². The van der Waals surface area contributed by atoms with E-state index in [2.05, 4.69) is 33.2 Å². The first-order chi connectivity index (χ1) is 10.9. The second kappa shape index (κ2) is 8.16. The highest BCUT2D eigenvalue weighted by Crippen LogP contribution is 2.25. The summed E-state index contributed by atoms with van der Waals surface area (Å²) >= 11 is 8.23. The maximum atomic E-state index is 12.0. The molecular formula is C16H14ClIN2O3. The Morgan fingerprint density at radius 1 is 1.13 bits per heavy atom. The van der Waals surface area contributed by atoms with Gasteiger partial charge in [0.25, 0.3) is 5.91 Å². The van der Waals surface area contributed by atoms with Gasteiger partial charge in [-0.2, -0.15) is 0 Å². The van der Waals surface area contributed by atoms with Crippen LogP contribution in [0, 0.1) is 3.57 Å². The first-order valence-corrected chi connectivity index (χ1v) is 8.15. The zero-order valence-electron chi connectivity index (χ0n) is 12.2. The van der Waals surface area contributed by atoms with Crippen LogP contribution in [0.15, 0.2) is 42.5 Å². The van der Waals surface area contributed by atoms with E-state index in [0.29, 0.717) is 22.1 Å². The van der Waals surface area contributed by atoms with E-state index in [-0.39, 0.29) is 18.4 Å². The molecule has 0 aromatic heterocycles. The summed E-state index contributed by atoms with van der Waals surface area (Å²) in [6.07, 6.45) is 0. The lowest BCUT2D eigenvalue weighted by atomic mass is 10.2. The molecule has 0 spiro atoms. The average Bonchev–Trinajstić information content (AvgIpc) is 2.49. The first kappa shape index (κ1) is 17.6. The van der Waals surface area contributed by atoms with Crippen molar-refractivity contribution in [1.82, 2.24) is 0 Å². The molecule has 2 aromatic rings. The molecule has 23 heavy (non-hydrogen) atoms. The molecule has 0 heterocycles. The third-order valence-corrected chi connectivity index (χ3v) is 3.79. The number of hydrogen-bond acceptors (Lipinski definition) is 3. The largest absolute Gasteiger partial charge is 0.484 e. The monoisotopic (exact) mass is 444 g/mol. The van der Waals surface area contributed by atoms with E-state index in [1.165, 1.54) is 6.92 Å². The third kappa shape index (κ3) is 5.72. The van der Waals surface area contributed by atoms with Gasteiger partial charge in [-0.3, -0.25) is 9.59 Å². The second-order valence-corrected chi connectivity index (χ2v) is 6.32. The van der Waals surface area contributed by atoms with E-state index < -0.39 is 0 Å². The maximum absolute atomic E-state index is 12.0. The molecule has 2 aromatic carbocycles. The Morgan fingerprint density at radius 3 is 2.48 bits per heavy atom. The van der Waals surface area contributed by atoms with Crippen LogP contribution in [-0.2, 0) is 9.59 Å². The summed E-state index contributed by atoms with van der Waals surface area (Å²) in [5.74, 6) is 0.0655. The molecule has 0 aliphatic rings. The Hall–Kier alpha value is -1.80. The van der Waals surface area contributed by atoms with Crippen LogP contribution in [-0.4, -0.2) is 18.4 Å². The molecule has 2 rings (SSSR count). The molecule has 0 saturated heterocycles. The summed E-state index contributed by atoms with van der Waals surface area (Å²) in [6, 6.07) is 12.2. The van der Waals surface area contributed by atoms with Crippen LogP contribution >= 0.6 is 34.2 Å². The molecule has 0 bridgehead atoms. The second-order valence-electron chi connectivity index (χ2n) is 4.67. The van der Waals surface area contributed by atoms with Gasteiger partial charge in [0.05, 0.1) is 10.7 Å².